The van der Waals surface area contributed by atoms with E-state index in [-0.39, 0.29) is 0 Å². The number of hydrogen-bond acceptors (Lipinski definition) is 5. The third kappa shape index (κ3) is 1.73. The lowest BCUT2D eigenvalue weighted by atomic mass is 10.1. The number of nitrogens with one attached hydrogen (secondary N) is 1. The van der Waals surface area contributed by atoms with E-state index >= 15 is 0 Å². The normalized spacial score (nSPS) is 10.8. The summed E-state index contributed by atoms with van der Waals surface area (Å²) >= 11 is 1.60. The third-order valence-electron chi connectivity index (χ3n) is 2.85. The summed E-state index contributed by atoms with van der Waals surface area (Å²) in [5.74, 6) is 6.12. The lowest BCUT2D eigenvalue weighted by Crippen LogP contribution is -2.08. The number of nitrogen functional groups attached to an aromatic ring is 1. The predicted molar refractivity (Wildman–Crippen MR) is 75.4 cm³/mol. The molecule has 18 heavy (non-hydrogen) atoms. The van der Waals surface area contributed by atoms with E-state index in [4.69, 9.17) is 5.84 Å². The molecular weight excluding hydrogens is 244 g/mol. The molecule has 4 nitrogen and oxygen atoms in total. The molecular formula is C13H12N4S. The Balaban J connectivity index is 2.21. The summed E-state index contributed by atoms with van der Waals surface area (Å²) in [5, 5.41) is 2.09. The van der Waals surface area contributed by atoms with Crippen molar-refractivity contribution in [3.8, 4) is 11.1 Å². The molecule has 0 spiro atoms. The largest absolute Gasteiger partial charge is 0.307 e. The van der Waals surface area contributed by atoms with Gasteiger partial charge in [0.05, 0.1) is 10.2 Å². The average Bonchev–Trinajstić information content (AvgIpc) is 2.83. The van der Waals surface area contributed by atoms with E-state index in [0.717, 1.165) is 21.3 Å². The third-order valence-corrected chi connectivity index (χ3v) is 3.83. The molecule has 90 valence electrons. The number of hydrogen-bond donors (Lipinski definition) is 2. The molecule has 0 saturated heterocycles. The topological polar surface area (TPSA) is 63.8 Å². The molecule has 0 saturated carbocycles. The van der Waals surface area contributed by atoms with Crippen LogP contribution in [0.25, 0.3) is 21.3 Å². The Kier molecular flexibility index (Phi) is 2.70. The Hall–Kier alpha value is -1.98. The second kappa shape index (κ2) is 4.36. The highest BCUT2D eigenvalue weighted by atomic mass is 32.1. The van der Waals surface area contributed by atoms with Crippen LogP contribution in [0.15, 0.2) is 36.0 Å². The molecule has 3 aromatic rings. The van der Waals surface area contributed by atoms with Crippen molar-refractivity contribution >= 4 is 27.4 Å². The standard InChI is InChI=1S/C13H12N4S/c1-8-2-4-9(5-3-8)10-6-18-12-11(10)15-7-16-13(12)17-14/h2-7H,14H2,1H3,(H,15,16,17). The molecule has 5 heteroatoms. The molecule has 2 heterocycles. The highest BCUT2D eigenvalue weighted by Gasteiger charge is 2.11. The maximum atomic E-state index is 5.45. The zero-order valence-electron chi connectivity index (χ0n) is 9.84. The maximum Gasteiger partial charge on any atom is 0.161 e. The summed E-state index contributed by atoms with van der Waals surface area (Å²) in [5.41, 5.74) is 7.07. The Morgan fingerprint density at radius 1 is 1.17 bits per heavy atom. The van der Waals surface area contributed by atoms with Crippen LogP contribution in [-0.4, -0.2) is 9.97 Å². The van der Waals surface area contributed by atoms with E-state index in [2.05, 4.69) is 52.0 Å². The number of nitrogens with zero attached hydrogens (tertiary/aromatic N) is 2. The van der Waals surface area contributed by atoms with Crippen molar-refractivity contribution in [2.75, 3.05) is 5.43 Å². The molecule has 2 aromatic heterocycles. The first-order chi connectivity index (χ1) is 8.79. The van der Waals surface area contributed by atoms with Gasteiger partial charge in [-0.25, -0.2) is 15.8 Å². The van der Waals surface area contributed by atoms with E-state index in [9.17, 15) is 0 Å². The number of nitrogens with two attached hydrogens (primary N) is 1. The molecule has 3 rings (SSSR count). The fourth-order valence-corrected chi connectivity index (χ4v) is 2.87. The summed E-state index contributed by atoms with van der Waals surface area (Å²) < 4.78 is 0.982. The van der Waals surface area contributed by atoms with Gasteiger partial charge in [-0.3, -0.25) is 0 Å². The summed E-state index contributed by atoms with van der Waals surface area (Å²) in [6, 6.07) is 8.41. The number of rotatable bonds is 2. The van der Waals surface area contributed by atoms with Gasteiger partial charge in [-0.05, 0) is 12.5 Å². The van der Waals surface area contributed by atoms with Crippen LogP contribution in [0.2, 0.25) is 0 Å². The Labute approximate surface area is 108 Å². The van der Waals surface area contributed by atoms with Crippen LogP contribution in [0, 0.1) is 6.92 Å². The number of fused-ring (bicyclic) bond motifs is 1. The van der Waals surface area contributed by atoms with Crippen molar-refractivity contribution in [3.05, 3.63) is 41.5 Å². The molecule has 0 aliphatic carbocycles. The van der Waals surface area contributed by atoms with Gasteiger partial charge in [-0.15, -0.1) is 11.3 Å². The summed E-state index contributed by atoms with van der Waals surface area (Å²) in [7, 11) is 0. The minimum atomic E-state index is 0.670. The summed E-state index contributed by atoms with van der Waals surface area (Å²) in [4.78, 5) is 8.46. The molecule has 3 N–H and O–H groups in total. The quantitative estimate of drug-likeness (QED) is 0.546. The minimum Gasteiger partial charge on any atom is -0.307 e. The lowest BCUT2D eigenvalue weighted by Gasteiger charge is -2.02. The second-order valence-electron chi connectivity index (χ2n) is 4.06. The number of thiophene rings is 1. The van der Waals surface area contributed by atoms with Gasteiger partial charge < -0.3 is 5.43 Å². The highest BCUT2D eigenvalue weighted by molar-refractivity contribution is 7.18. The number of benzene rings is 1. The summed E-state index contributed by atoms with van der Waals surface area (Å²) in [6.07, 6.45) is 1.53. The van der Waals surface area contributed by atoms with Gasteiger partial charge in [0.2, 0.25) is 0 Å². The first kappa shape index (κ1) is 11.1. The SMILES string of the molecule is Cc1ccc(-c2csc3c(NN)ncnc23)cc1. The monoisotopic (exact) mass is 256 g/mol. The first-order valence-electron chi connectivity index (χ1n) is 5.55. The zero-order valence-corrected chi connectivity index (χ0v) is 10.7. The van der Waals surface area contributed by atoms with Gasteiger partial charge in [0.25, 0.3) is 0 Å². The molecule has 0 amide bonds. The van der Waals surface area contributed by atoms with Gasteiger partial charge in [-0.2, -0.15) is 0 Å². The van der Waals surface area contributed by atoms with E-state index < -0.39 is 0 Å². The van der Waals surface area contributed by atoms with Crippen molar-refractivity contribution in [3.63, 3.8) is 0 Å². The van der Waals surface area contributed by atoms with Crippen LogP contribution < -0.4 is 11.3 Å². The van der Waals surface area contributed by atoms with Gasteiger partial charge in [0, 0.05) is 10.9 Å². The van der Waals surface area contributed by atoms with Crippen molar-refractivity contribution in [2.45, 2.75) is 6.92 Å². The van der Waals surface area contributed by atoms with Crippen molar-refractivity contribution in [2.24, 2.45) is 5.84 Å². The predicted octanol–water partition coefficient (Wildman–Crippen LogP) is 2.95. The molecule has 0 fully saturated rings. The van der Waals surface area contributed by atoms with Gasteiger partial charge in [0.1, 0.15) is 6.33 Å². The lowest BCUT2D eigenvalue weighted by molar-refractivity contribution is 1.19. The van der Waals surface area contributed by atoms with Gasteiger partial charge in [-0.1, -0.05) is 29.8 Å². The van der Waals surface area contributed by atoms with Crippen LogP contribution in [0.1, 0.15) is 5.56 Å². The smallest absolute Gasteiger partial charge is 0.161 e. The second-order valence-corrected chi connectivity index (χ2v) is 4.94. The van der Waals surface area contributed by atoms with Crippen LogP contribution in [0.3, 0.4) is 0 Å². The fraction of sp³-hybridized carbons (Fsp3) is 0.0769. The molecule has 0 radical (unpaired) electrons. The number of aryl methyl sites for hydroxylation is 1. The minimum absolute atomic E-state index is 0.670. The first-order valence-corrected chi connectivity index (χ1v) is 6.43. The highest BCUT2D eigenvalue weighted by Crippen LogP contribution is 2.35. The average molecular weight is 256 g/mol. The van der Waals surface area contributed by atoms with Crippen molar-refractivity contribution in [1.82, 2.24) is 9.97 Å². The zero-order chi connectivity index (χ0) is 12.5. The molecule has 0 aliphatic heterocycles. The Morgan fingerprint density at radius 2 is 1.94 bits per heavy atom. The van der Waals surface area contributed by atoms with E-state index in [1.54, 1.807) is 11.3 Å². The molecule has 0 unspecified atom stereocenters. The van der Waals surface area contributed by atoms with Crippen LogP contribution in [0.4, 0.5) is 5.82 Å². The number of aromatic nitrogens is 2. The van der Waals surface area contributed by atoms with Gasteiger partial charge in [0.15, 0.2) is 5.82 Å². The fourth-order valence-electron chi connectivity index (χ4n) is 1.89. The van der Waals surface area contributed by atoms with Crippen molar-refractivity contribution < 1.29 is 0 Å². The molecule has 0 aliphatic rings. The van der Waals surface area contributed by atoms with E-state index in [1.165, 1.54) is 11.9 Å². The summed E-state index contributed by atoms with van der Waals surface area (Å²) in [6.45, 7) is 2.08. The molecule has 0 bridgehead atoms. The molecule has 0 atom stereocenters. The van der Waals surface area contributed by atoms with Crippen LogP contribution in [0.5, 0.6) is 0 Å². The Morgan fingerprint density at radius 3 is 2.67 bits per heavy atom. The van der Waals surface area contributed by atoms with Gasteiger partial charge >= 0.3 is 0 Å². The maximum absolute atomic E-state index is 5.45. The van der Waals surface area contributed by atoms with Crippen molar-refractivity contribution in [1.29, 1.82) is 0 Å². The number of anilines is 1. The number of hydrazine groups is 1. The van der Waals surface area contributed by atoms with E-state index in [1.807, 2.05) is 0 Å². The molecule has 1 aromatic carbocycles. The van der Waals surface area contributed by atoms with Crippen LogP contribution in [-0.2, 0) is 0 Å². The van der Waals surface area contributed by atoms with E-state index in [0.29, 0.717) is 5.82 Å². The van der Waals surface area contributed by atoms with Crippen LogP contribution >= 0.6 is 11.3 Å². The Bertz CT molecular complexity index is 688.